The van der Waals surface area contributed by atoms with Gasteiger partial charge in [-0.05, 0) is 0 Å². The summed E-state index contributed by atoms with van der Waals surface area (Å²) in [7, 11) is -3.94. The van der Waals surface area contributed by atoms with Gasteiger partial charge >= 0.3 is 12.8 Å². The SMILES string of the molecule is CCS(=O)(=O)c1cc(OC(F)F)cnc1-c1cn2cnc(C(F)(F)F)cc2n1. The van der Waals surface area contributed by atoms with Crippen LogP contribution in [-0.2, 0) is 16.0 Å². The number of nitrogens with zero attached hydrogens (tertiary/aromatic N) is 4. The average Bonchev–Trinajstić information content (AvgIpc) is 3.03. The van der Waals surface area contributed by atoms with Gasteiger partial charge in [0.05, 0.1) is 16.8 Å². The molecule has 0 N–H and O–H groups in total. The largest absolute Gasteiger partial charge is 0.433 e. The highest BCUT2D eigenvalue weighted by atomic mass is 32.2. The molecule has 7 nitrogen and oxygen atoms in total. The maximum atomic E-state index is 12.8. The van der Waals surface area contributed by atoms with Gasteiger partial charge in [-0.15, -0.1) is 0 Å². The van der Waals surface area contributed by atoms with Gasteiger partial charge in [-0.25, -0.2) is 23.4 Å². The molecule has 0 saturated heterocycles. The van der Waals surface area contributed by atoms with Crippen molar-refractivity contribution in [3.8, 4) is 17.1 Å². The fraction of sp³-hybridized carbons (Fsp3) is 0.267. The van der Waals surface area contributed by atoms with Crippen LogP contribution in [0.1, 0.15) is 12.6 Å². The molecule has 0 radical (unpaired) electrons. The predicted octanol–water partition coefficient (Wildman–Crippen LogP) is 3.21. The second kappa shape index (κ2) is 6.96. The summed E-state index contributed by atoms with van der Waals surface area (Å²) in [6, 6.07) is 1.56. The molecule has 3 aromatic heterocycles. The zero-order valence-corrected chi connectivity index (χ0v) is 14.8. The quantitative estimate of drug-likeness (QED) is 0.587. The van der Waals surface area contributed by atoms with Crippen molar-refractivity contribution in [2.24, 2.45) is 0 Å². The minimum absolute atomic E-state index is 0.0725. The van der Waals surface area contributed by atoms with Crippen LogP contribution in [0, 0.1) is 0 Å². The molecule has 0 aliphatic carbocycles. The number of ether oxygens (including phenoxy) is 1. The number of rotatable bonds is 5. The van der Waals surface area contributed by atoms with Gasteiger partial charge < -0.3 is 4.74 Å². The molecule has 13 heteroatoms. The van der Waals surface area contributed by atoms with Gasteiger partial charge in [0.2, 0.25) is 0 Å². The number of alkyl halides is 5. The zero-order chi connectivity index (χ0) is 20.7. The average molecular weight is 422 g/mol. The van der Waals surface area contributed by atoms with E-state index in [0.717, 1.165) is 23.0 Å². The first-order valence-electron chi connectivity index (χ1n) is 7.61. The smallest absolute Gasteiger partial charge is 0.433 e. The van der Waals surface area contributed by atoms with E-state index in [0.29, 0.717) is 6.07 Å². The van der Waals surface area contributed by atoms with Gasteiger partial charge in [-0.1, -0.05) is 6.92 Å². The summed E-state index contributed by atoms with van der Waals surface area (Å²) >= 11 is 0. The van der Waals surface area contributed by atoms with Crippen LogP contribution in [0.2, 0.25) is 0 Å². The molecule has 0 unspecified atom stereocenters. The number of fused-ring (bicyclic) bond motifs is 1. The lowest BCUT2D eigenvalue weighted by Gasteiger charge is -2.10. The minimum atomic E-state index is -4.68. The fourth-order valence-corrected chi connectivity index (χ4v) is 3.40. The van der Waals surface area contributed by atoms with Crippen LogP contribution in [0.5, 0.6) is 5.75 Å². The normalized spacial score (nSPS) is 12.7. The van der Waals surface area contributed by atoms with Crippen LogP contribution in [-0.4, -0.2) is 40.1 Å². The number of hydrogen-bond acceptors (Lipinski definition) is 6. The van der Waals surface area contributed by atoms with Crippen LogP contribution < -0.4 is 4.74 Å². The second-order valence-electron chi connectivity index (χ2n) is 5.46. The summed E-state index contributed by atoms with van der Waals surface area (Å²) < 4.78 is 93.2. The van der Waals surface area contributed by atoms with Crippen LogP contribution in [0.25, 0.3) is 17.0 Å². The molecule has 3 heterocycles. The van der Waals surface area contributed by atoms with Gasteiger partial charge in [0.25, 0.3) is 0 Å². The standard InChI is InChI=1S/C15H11F5N4O3S/c1-2-28(25,26)10-3-8(27-14(16)17)5-21-13(10)9-6-24-7-22-11(15(18,19)20)4-12(24)23-9/h3-7,14H,2H2,1H3. The Kier molecular flexibility index (Phi) is 4.95. The molecule has 3 aromatic rings. The molecule has 0 aromatic carbocycles. The van der Waals surface area contributed by atoms with Gasteiger partial charge in [0, 0.05) is 18.3 Å². The molecule has 0 amide bonds. The van der Waals surface area contributed by atoms with Crippen molar-refractivity contribution in [1.29, 1.82) is 0 Å². The Hall–Kier alpha value is -2.83. The molecule has 0 spiro atoms. The van der Waals surface area contributed by atoms with E-state index in [1.165, 1.54) is 13.1 Å². The van der Waals surface area contributed by atoms with E-state index < -0.39 is 39.0 Å². The minimum Gasteiger partial charge on any atom is -0.433 e. The molecule has 0 bridgehead atoms. The third-order valence-electron chi connectivity index (χ3n) is 3.65. The Bertz CT molecular complexity index is 1130. The monoisotopic (exact) mass is 422 g/mol. The predicted molar refractivity (Wildman–Crippen MR) is 85.6 cm³/mol. The van der Waals surface area contributed by atoms with E-state index in [2.05, 4.69) is 19.7 Å². The number of imidazole rings is 1. The van der Waals surface area contributed by atoms with Crippen molar-refractivity contribution < 1.29 is 35.1 Å². The summed E-state index contributed by atoms with van der Waals surface area (Å²) in [5.41, 5.74) is -1.60. The Balaban J connectivity index is 2.17. The Morgan fingerprint density at radius 3 is 2.54 bits per heavy atom. The first-order chi connectivity index (χ1) is 13.0. The summed E-state index contributed by atoms with van der Waals surface area (Å²) in [4.78, 5) is 10.6. The van der Waals surface area contributed by atoms with E-state index in [4.69, 9.17) is 0 Å². The van der Waals surface area contributed by atoms with Crippen molar-refractivity contribution in [3.63, 3.8) is 0 Å². The summed E-state index contributed by atoms with van der Waals surface area (Å²) in [6.45, 7) is -1.85. The highest BCUT2D eigenvalue weighted by Gasteiger charge is 2.33. The van der Waals surface area contributed by atoms with Gasteiger partial charge in [-0.3, -0.25) is 4.40 Å². The van der Waals surface area contributed by atoms with Crippen LogP contribution >= 0.6 is 0 Å². The number of aromatic nitrogens is 4. The molecule has 0 saturated carbocycles. The second-order valence-corrected chi connectivity index (χ2v) is 7.71. The van der Waals surface area contributed by atoms with Crippen LogP contribution in [0.4, 0.5) is 22.0 Å². The van der Waals surface area contributed by atoms with Crippen LogP contribution in [0.15, 0.2) is 35.7 Å². The number of hydrogen-bond donors (Lipinski definition) is 0. The molecule has 0 aliphatic rings. The molecular formula is C15H11F5N4O3S. The maximum Gasteiger partial charge on any atom is 0.433 e. The molecule has 3 rings (SSSR count). The van der Waals surface area contributed by atoms with Gasteiger partial charge in [0.15, 0.2) is 9.84 Å². The topological polar surface area (TPSA) is 86.5 Å². The van der Waals surface area contributed by atoms with E-state index in [1.807, 2.05) is 0 Å². The molecule has 0 fully saturated rings. The van der Waals surface area contributed by atoms with Crippen molar-refractivity contribution in [2.45, 2.75) is 24.6 Å². The first-order valence-corrected chi connectivity index (χ1v) is 9.26. The number of sulfone groups is 1. The first kappa shape index (κ1) is 19.9. The van der Waals surface area contributed by atoms with Crippen molar-refractivity contribution in [1.82, 2.24) is 19.4 Å². The van der Waals surface area contributed by atoms with E-state index in [-0.39, 0.29) is 22.8 Å². The zero-order valence-electron chi connectivity index (χ0n) is 14.0. The van der Waals surface area contributed by atoms with E-state index >= 15 is 0 Å². The number of halogens is 5. The summed E-state index contributed by atoms with van der Waals surface area (Å²) in [5, 5.41) is 0. The molecular weight excluding hydrogens is 411 g/mol. The van der Waals surface area contributed by atoms with Gasteiger partial charge in [-0.2, -0.15) is 22.0 Å². The fourth-order valence-electron chi connectivity index (χ4n) is 2.34. The van der Waals surface area contributed by atoms with Crippen molar-refractivity contribution in [2.75, 3.05) is 5.75 Å². The molecule has 0 aliphatic heterocycles. The third kappa shape index (κ3) is 3.88. The van der Waals surface area contributed by atoms with E-state index in [1.54, 1.807) is 0 Å². The number of pyridine rings is 1. The summed E-state index contributed by atoms with van der Waals surface area (Å²) in [6.07, 6.45) is -1.71. The van der Waals surface area contributed by atoms with Gasteiger partial charge in [0.1, 0.15) is 34.8 Å². The lowest BCUT2D eigenvalue weighted by molar-refractivity contribution is -0.141. The lowest BCUT2D eigenvalue weighted by atomic mass is 10.3. The highest BCUT2D eigenvalue weighted by molar-refractivity contribution is 7.91. The molecule has 28 heavy (non-hydrogen) atoms. The molecule has 0 atom stereocenters. The van der Waals surface area contributed by atoms with Crippen LogP contribution in [0.3, 0.4) is 0 Å². The molecule has 150 valence electrons. The Morgan fingerprint density at radius 1 is 1.21 bits per heavy atom. The Labute approximate surface area is 154 Å². The van der Waals surface area contributed by atoms with E-state index in [9.17, 15) is 30.4 Å². The Morgan fingerprint density at radius 2 is 1.93 bits per heavy atom. The lowest BCUT2D eigenvalue weighted by Crippen LogP contribution is -2.09. The highest BCUT2D eigenvalue weighted by Crippen LogP contribution is 2.31. The third-order valence-corrected chi connectivity index (χ3v) is 5.39. The van der Waals surface area contributed by atoms with Crippen molar-refractivity contribution >= 4 is 15.5 Å². The van der Waals surface area contributed by atoms with Crippen molar-refractivity contribution in [3.05, 3.63) is 36.5 Å². The maximum absolute atomic E-state index is 12.8. The summed E-state index contributed by atoms with van der Waals surface area (Å²) in [5.74, 6) is -0.844.